The minimum atomic E-state index is -0.835. The molecule has 1 aromatic carbocycles. The Morgan fingerprint density at radius 1 is 1.33 bits per heavy atom. The van der Waals surface area contributed by atoms with Gasteiger partial charge in [-0.15, -0.1) is 0 Å². The largest absolute Gasteiger partial charge is 0.493 e. The topological polar surface area (TPSA) is 59.0 Å². The van der Waals surface area contributed by atoms with Crippen molar-refractivity contribution < 1.29 is 19.4 Å². The van der Waals surface area contributed by atoms with Crippen LogP contribution in [0.15, 0.2) is 18.2 Å². The molecule has 1 unspecified atom stereocenters. The first-order chi connectivity index (χ1) is 8.49. The number of aliphatic carboxylic acids is 1. The number of methoxy groups -OCH3 is 2. The third-order valence-corrected chi connectivity index (χ3v) is 2.90. The summed E-state index contributed by atoms with van der Waals surface area (Å²) in [6, 6.07) is 5.03. The van der Waals surface area contributed by atoms with Gasteiger partial charge in [0.25, 0.3) is 0 Å². The zero-order chi connectivity index (χ0) is 13.7. The van der Waals surface area contributed by atoms with E-state index in [0.29, 0.717) is 18.0 Å². The summed E-state index contributed by atoms with van der Waals surface area (Å²) in [7, 11) is 4.93. The summed E-state index contributed by atoms with van der Waals surface area (Å²) in [5, 5.41) is 8.93. The van der Waals surface area contributed by atoms with Crippen LogP contribution >= 0.6 is 0 Å². The van der Waals surface area contributed by atoms with Crippen molar-refractivity contribution >= 4 is 5.97 Å². The molecule has 5 heteroatoms. The number of carbonyl (C=O) groups is 1. The number of hydrogen-bond acceptors (Lipinski definition) is 4. The van der Waals surface area contributed by atoms with Crippen molar-refractivity contribution in [2.24, 2.45) is 0 Å². The number of nitrogens with zero attached hydrogens (tertiary/aromatic N) is 1. The first-order valence-electron chi connectivity index (χ1n) is 5.63. The normalized spacial score (nSPS) is 12.3. The van der Waals surface area contributed by atoms with Gasteiger partial charge < -0.3 is 14.6 Å². The molecule has 0 bridgehead atoms. The second kappa shape index (κ2) is 6.26. The fraction of sp³-hybridized carbons (Fsp3) is 0.462. The molecule has 0 fully saturated rings. The van der Waals surface area contributed by atoms with Gasteiger partial charge in [0.15, 0.2) is 11.5 Å². The molecule has 1 rings (SSSR count). The number of carboxylic acid groups (broad SMARTS) is 1. The summed E-state index contributed by atoms with van der Waals surface area (Å²) in [6.07, 6.45) is 0. The third kappa shape index (κ3) is 3.37. The quantitative estimate of drug-likeness (QED) is 0.834. The van der Waals surface area contributed by atoms with E-state index in [1.54, 1.807) is 33.1 Å². The lowest BCUT2D eigenvalue weighted by molar-refractivity contribution is -0.142. The van der Waals surface area contributed by atoms with Crippen LogP contribution in [0.2, 0.25) is 0 Å². The van der Waals surface area contributed by atoms with Crippen LogP contribution < -0.4 is 9.47 Å². The van der Waals surface area contributed by atoms with Crippen molar-refractivity contribution in [3.63, 3.8) is 0 Å². The lowest BCUT2D eigenvalue weighted by Crippen LogP contribution is -2.35. The van der Waals surface area contributed by atoms with E-state index in [1.807, 2.05) is 18.2 Å². The molecule has 0 saturated carbocycles. The smallest absolute Gasteiger partial charge is 0.320 e. The van der Waals surface area contributed by atoms with Crippen LogP contribution in [0, 0.1) is 0 Å². The minimum absolute atomic E-state index is 0.530. The zero-order valence-corrected chi connectivity index (χ0v) is 11.1. The molecular weight excluding hydrogens is 234 g/mol. The summed E-state index contributed by atoms with van der Waals surface area (Å²) in [6.45, 7) is 2.19. The van der Waals surface area contributed by atoms with Gasteiger partial charge in [0.1, 0.15) is 6.04 Å². The van der Waals surface area contributed by atoms with Crippen LogP contribution in [0.25, 0.3) is 0 Å². The molecule has 1 aromatic rings. The predicted octanol–water partition coefficient (Wildman–Crippen LogP) is 1.61. The first-order valence-corrected chi connectivity index (χ1v) is 5.63. The number of carboxylic acids is 1. The van der Waals surface area contributed by atoms with E-state index in [-0.39, 0.29) is 0 Å². The minimum Gasteiger partial charge on any atom is -0.493 e. The van der Waals surface area contributed by atoms with E-state index in [4.69, 9.17) is 14.6 Å². The Kier molecular flexibility index (Phi) is 4.97. The van der Waals surface area contributed by atoms with Crippen molar-refractivity contribution in [1.82, 2.24) is 4.90 Å². The van der Waals surface area contributed by atoms with Gasteiger partial charge in [-0.2, -0.15) is 0 Å². The number of rotatable bonds is 6. The highest BCUT2D eigenvalue weighted by Crippen LogP contribution is 2.28. The molecule has 0 spiro atoms. The van der Waals surface area contributed by atoms with Gasteiger partial charge >= 0.3 is 5.97 Å². The Hall–Kier alpha value is -1.75. The standard InChI is InChI=1S/C13H19NO4/c1-9(13(15)16)14(2)8-10-5-6-11(17-3)12(7-10)18-4/h5-7,9H,8H2,1-4H3,(H,15,16). The molecule has 1 N–H and O–H groups in total. The second-order valence-electron chi connectivity index (χ2n) is 4.12. The highest BCUT2D eigenvalue weighted by molar-refractivity contribution is 5.72. The lowest BCUT2D eigenvalue weighted by atomic mass is 10.1. The van der Waals surface area contributed by atoms with Gasteiger partial charge in [0.05, 0.1) is 14.2 Å². The lowest BCUT2D eigenvalue weighted by Gasteiger charge is -2.21. The summed E-state index contributed by atoms with van der Waals surface area (Å²) in [5.74, 6) is 0.472. The summed E-state index contributed by atoms with van der Waals surface area (Å²) < 4.78 is 10.4. The van der Waals surface area contributed by atoms with Crippen molar-refractivity contribution in [3.05, 3.63) is 23.8 Å². The molecule has 0 aliphatic carbocycles. The molecule has 0 aromatic heterocycles. The van der Waals surface area contributed by atoms with Gasteiger partial charge in [-0.05, 0) is 31.7 Å². The van der Waals surface area contributed by atoms with Crippen LogP contribution in [0.3, 0.4) is 0 Å². The van der Waals surface area contributed by atoms with Crippen LogP contribution in [-0.2, 0) is 11.3 Å². The van der Waals surface area contributed by atoms with E-state index < -0.39 is 12.0 Å². The van der Waals surface area contributed by atoms with E-state index in [9.17, 15) is 4.79 Å². The highest BCUT2D eigenvalue weighted by Gasteiger charge is 2.17. The summed E-state index contributed by atoms with van der Waals surface area (Å²) in [4.78, 5) is 12.6. The van der Waals surface area contributed by atoms with Crippen molar-refractivity contribution in [1.29, 1.82) is 0 Å². The molecule has 100 valence electrons. The van der Waals surface area contributed by atoms with Gasteiger partial charge in [-0.25, -0.2) is 0 Å². The number of likely N-dealkylation sites (N-methyl/N-ethyl adjacent to an activating group) is 1. The predicted molar refractivity (Wildman–Crippen MR) is 68.1 cm³/mol. The van der Waals surface area contributed by atoms with E-state index in [2.05, 4.69) is 0 Å². The Labute approximate surface area is 107 Å². The average Bonchev–Trinajstić information content (AvgIpc) is 2.37. The Bertz CT molecular complexity index is 419. The number of ether oxygens (including phenoxy) is 2. The summed E-state index contributed by atoms with van der Waals surface area (Å²) in [5.41, 5.74) is 0.975. The third-order valence-electron chi connectivity index (χ3n) is 2.90. The Morgan fingerprint density at radius 2 is 1.94 bits per heavy atom. The molecule has 0 aliphatic rings. The van der Waals surface area contributed by atoms with Crippen LogP contribution in [-0.4, -0.2) is 43.3 Å². The maximum Gasteiger partial charge on any atom is 0.320 e. The average molecular weight is 253 g/mol. The van der Waals surface area contributed by atoms with Crippen LogP contribution in [0.1, 0.15) is 12.5 Å². The zero-order valence-electron chi connectivity index (χ0n) is 11.1. The second-order valence-corrected chi connectivity index (χ2v) is 4.12. The highest BCUT2D eigenvalue weighted by atomic mass is 16.5. The Morgan fingerprint density at radius 3 is 2.44 bits per heavy atom. The molecule has 0 radical (unpaired) electrons. The molecule has 1 atom stereocenters. The monoisotopic (exact) mass is 253 g/mol. The fourth-order valence-corrected chi connectivity index (χ4v) is 1.59. The first kappa shape index (κ1) is 14.3. The maximum atomic E-state index is 10.9. The molecular formula is C13H19NO4. The Balaban J connectivity index is 2.82. The van der Waals surface area contributed by atoms with Gasteiger partial charge in [-0.3, -0.25) is 9.69 Å². The van der Waals surface area contributed by atoms with Gasteiger partial charge in [0.2, 0.25) is 0 Å². The van der Waals surface area contributed by atoms with E-state index in [0.717, 1.165) is 5.56 Å². The number of hydrogen-bond donors (Lipinski definition) is 1. The molecule has 0 amide bonds. The van der Waals surface area contributed by atoms with Crippen LogP contribution in [0.5, 0.6) is 11.5 Å². The molecule has 0 heterocycles. The summed E-state index contributed by atoms with van der Waals surface area (Å²) >= 11 is 0. The molecule has 5 nitrogen and oxygen atoms in total. The maximum absolute atomic E-state index is 10.9. The van der Waals surface area contributed by atoms with E-state index >= 15 is 0 Å². The molecule has 0 aliphatic heterocycles. The molecule has 0 saturated heterocycles. The van der Waals surface area contributed by atoms with Gasteiger partial charge in [0, 0.05) is 6.54 Å². The fourth-order valence-electron chi connectivity index (χ4n) is 1.59. The van der Waals surface area contributed by atoms with E-state index in [1.165, 1.54) is 0 Å². The van der Waals surface area contributed by atoms with Crippen molar-refractivity contribution in [3.8, 4) is 11.5 Å². The van der Waals surface area contributed by atoms with Crippen molar-refractivity contribution in [2.45, 2.75) is 19.5 Å². The van der Waals surface area contributed by atoms with Crippen LogP contribution in [0.4, 0.5) is 0 Å². The molecule has 18 heavy (non-hydrogen) atoms. The SMILES string of the molecule is COc1ccc(CN(C)C(C)C(=O)O)cc1OC. The number of benzene rings is 1. The van der Waals surface area contributed by atoms with Crippen molar-refractivity contribution in [2.75, 3.05) is 21.3 Å². The van der Waals surface area contributed by atoms with Gasteiger partial charge in [-0.1, -0.05) is 6.07 Å².